The third-order valence-electron chi connectivity index (χ3n) is 6.14. The molecule has 0 saturated heterocycles. The number of aryl methyl sites for hydroxylation is 1. The van der Waals surface area contributed by atoms with Crippen LogP contribution in [0.25, 0.3) is 22.3 Å². The van der Waals surface area contributed by atoms with Gasteiger partial charge >= 0.3 is 5.97 Å². The summed E-state index contributed by atoms with van der Waals surface area (Å²) in [6.07, 6.45) is 0.826. The number of pyridine rings is 2. The van der Waals surface area contributed by atoms with Crippen LogP contribution in [0.15, 0.2) is 29.1 Å². The van der Waals surface area contributed by atoms with Gasteiger partial charge in [-0.1, -0.05) is 27.7 Å². The number of phenols is 1. The number of aromatic hydroxyl groups is 1. The number of benzene rings is 1. The van der Waals surface area contributed by atoms with Gasteiger partial charge in [0.05, 0.1) is 29.0 Å². The summed E-state index contributed by atoms with van der Waals surface area (Å²) in [7, 11) is 0. The van der Waals surface area contributed by atoms with Crippen LogP contribution in [0.2, 0.25) is 0 Å². The Kier molecular flexibility index (Phi) is 5.09. The van der Waals surface area contributed by atoms with Crippen molar-refractivity contribution in [3.63, 3.8) is 0 Å². The minimum Gasteiger partial charge on any atom is -0.508 e. The molecule has 0 spiro atoms. The molecule has 0 amide bonds. The maximum atomic E-state index is 13.2. The van der Waals surface area contributed by atoms with Gasteiger partial charge in [0, 0.05) is 16.5 Å². The summed E-state index contributed by atoms with van der Waals surface area (Å²) in [5.74, 6) is -0.563. The van der Waals surface area contributed by atoms with E-state index in [0.717, 1.165) is 22.0 Å². The van der Waals surface area contributed by atoms with E-state index in [1.54, 1.807) is 35.8 Å². The number of cyclic esters (lactones) is 1. The van der Waals surface area contributed by atoms with Crippen LogP contribution in [0, 0.1) is 0 Å². The van der Waals surface area contributed by atoms with Gasteiger partial charge in [-0.3, -0.25) is 4.79 Å². The van der Waals surface area contributed by atoms with Crippen molar-refractivity contribution in [1.29, 1.82) is 0 Å². The Labute approximate surface area is 179 Å². The molecule has 4 heterocycles. The number of aliphatic hydroxyl groups is 1. The van der Waals surface area contributed by atoms with Crippen molar-refractivity contribution in [2.45, 2.75) is 59.3 Å². The van der Waals surface area contributed by atoms with Crippen molar-refractivity contribution in [2.24, 2.45) is 0 Å². The third-order valence-corrected chi connectivity index (χ3v) is 6.14. The minimum absolute atomic E-state index is 0.110. The predicted octanol–water partition coefficient (Wildman–Crippen LogP) is 3.37. The van der Waals surface area contributed by atoms with Crippen LogP contribution in [-0.4, -0.2) is 25.7 Å². The number of nitrogens with zero attached hydrogens (tertiary/aromatic N) is 2. The number of hydrogen-bond acceptors (Lipinski definition) is 6. The number of aromatic nitrogens is 2. The van der Waals surface area contributed by atoms with Crippen LogP contribution in [0.4, 0.5) is 0 Å². The molecule has 1 aromatic carbocycles. The van der Waals surface area contributed by atoms with E-state index >= 15 is 0 Å². The van der Waals surface area contributed by atoms with E-state index in [1.165, 1.54) is 0 Å². The van der Waals surface area contributed by atoms with Gasteiger partial charge < -0.3 is 19.5 Å². The van der Waals surface area contributed by atoms with Gasteiger partial charge in [0.2, 0.25) is 0 Å². The van der Waals surface area contributed by atoms with Gasteiger partial charge in [-0.2, -0.15) is 0 Å². The van der Waals surface area contributed by atoms with Crippen molar-refractivity contribution in [2.75, 3.05) is 0 Å². The van der Waals surface area contributed by atoms with Crippen molar-refractivity contribution < 1.29 is 19.7 Å². The van der Waals surface area contributed by atoms with Crippen molar-refractivity contribution >= 4 is 16.9 Å². The molecule has 0 radical (unpaired) electrons. The van der Waals surface area contributed by atoms with Crippen molar-refractivity contribution in [3.8, 4) is 17.1 Å². The van der Waals surface area contributed by atoms with Crippen molar-refractivity contribution in [1.82, 2.24) is 9.55 Å². The molecular weight excluding hydrogens is 396 g/mol. The first-order chi connectivity index (χ1) is 14.9. The number of carbonyl (C=O) groups excluding carboxylic acids is 1. The fourth-order valence-electron chi connectivity index (χ4n) is 4.55. The summed E-state index contributed by atoms with van der Waals surface area (Å²) in [4.78, 5) is 30.2. The average Bonchev–Trinajstić information content (AvgIpc) is 3.15. The zero-order valence-corrected chi connectivity index (χ0v) is 18.2. The summed E-state index contributed by atoms with van der Waals surface area (Å²) in [5.41, 5.74) is 2.47. The van der Waals surface area contributed by atoms with Crippen LogP contribution in [0.5, 0.6) is 5.75 Å². The third kappa shape index (κ3) is 2.87. The molecule has 1 atom stereocenters. The van der Waals surface area contributed by atoms with Gasteiger partial charge in [0.25, 0.3) is 5.56 Å². The van der Waals surface area contributed by atoms with Gasteiger partial charge in [-0.05, 0) is 42.7 Å². The topological polar surface area (TPSA) is 102 Å². The van der Waals surface area contributed by atoms with Crippen molar-refractivity contribution in [3.05, 3.63) is 56.9 Å². The summed E-state index contributed by atoms with van der Waals surface area (Å²) in [5, 5.41) is 21.7. The van der Waals surface area contributed by atoms with Crippen LogP contribution in [0.3, 0.4) is 0 Å². The van der Waals surface area contributed by atoms with E-state index in [-0.39, 0.29) is 24.3 Å². The van der Waals surface area contributed by atoms with E-state index < -0.39 is 11.6 Å². The zero-order valence-electron chi connectivity index (χ0n) is 18.2. The zero-order chi connectivity index (χ0) is 22.5. The Morgan fingerprint density at radius 3 is 2.58 bits per heavy atom. The van der Waals surface area contributed by atoms with E-state index in [2.05, 4.69) is 0 Å². The van der Waals surface area contributed by atoms with E-state index in [1.807, 2.05) is 20.8 Å². The molecule has 0 unspecified atom stereocenters. The molecule has 2 N–H and O–H groups in total. The summed E-state index contributed by atoms with van der Waals surface area (Å²) in [6, 6.07) is 6.75. The maximum absolute atomic E-state index is 13.2. The number of rotatable bonds is 2. The Hall–Kier alpha value is -3.19. The highest BCUT2D eigenvalue weighted by molar-refractivity contribution is 5.89. The molecule has 7 nitrogen and oxygen atoms in total. The second kappa shape index (κ2) is 7.50. The highest BCUT2D eigenvalue weighted by Crippen LogP contribution is 2.40. The lowest BCUT2D eigenvalue weighted by molar-refractivity contribution is -0.172. The summed E-state index contributed by atoms with van der Waals surface area (Å²) >= 11 is 0. The number of phenolic OH excluding ortho intramolecular Hbond substituents is 1. The second-order valence-electron chi connectivity index (χ2n) is 7.58. The van der Waals surface area contributed by atoms with Gasteiger partial charge in [0.1, 0.15) is 12.4 Å². The molecule has 7 heteroatoms. The Morgan fingerprint density at radius 1 is 1.16 bits per heavy atom. The normalized spacial score (nSPS) is 18.5. The van der Waals surface area contributed by atoms with Crippen LogP contribution >= 0.6 is 0 Å². The van der Waals surface area contributed by atoms with E-state index in [0.29, 0.717) is 35.5 Å². The number of carbonyl (C=O) groups is 1. The molecule has 0 fully saturated rings. The molecule has 5 rings (SSSR count). The first-order valence-electron chi connectivity index (χ1n) is 10.7. The fraction of sp³-hybridized carbons (Fsp3) is 0.375. The lowest BCUT2D eigenvalue weighted by Gasteiger charge is -2.31. The average molecular weight is 422 g/mol. The molecule has 31 heavy (non-hydrogen) atoms. The lowest BCUT2D eigenvalue weighted by atomic mass is 9.86. The molecule has 0 bridgehead atoms. The molecule has 3 aromatic rings. The largest absolute Gasteiger partial charge is 0.508 e. The molecule has 0 saturated carbocycles. The molecule has 2 aliphatic rings. The first-order valence-corrected chi connectivity index (χ1v) is 10.7. The standard InChI is InChI=1S/C22H20N2O5.C2H6/c1-3-12-13-7-11(25)5-6-17(13)23-19-14(12)9-24-18(19)8-16-15(20(24)26)10-29-21(27)22(16,28)4-2;1-2/h5-8,25,28H,3-4,9-10H2,1-2H3;1-2H3/t22-;/m0./s1. The van der Waals surface area contributed by atoms with Gasteiger partial charge in [-0.15, -0.1) is 0 Å². The first kappa shape index (κ1) is 21.1. The lowest BCUT2D eigenvalue weighted by Crippen LogP contribution is -2.44. The Balaban J connectivity index is 0.00000112. The van der Waals surface area contributed by atoms with Gasteiger partial charge in [-0.25, -0.2) is 9.78 Å². The second-order valence-corrected chi connectivity index (χ2v) is 7.58. The Bertz CT molecular complexity index is 1280. The highest BCUT2D eigenvalue weighted by atomic mass is 16.6. The number of ether oxygens (including phenoxy) is 1. The monoisotopic (exact) mass is 422 g/mol. The molecule has 2 aromatic heterocycles. The molecule has 0 aliphatic carbocycles. The quantitative estimate of drug-likeness (QED) is 0.480. The molecule has 2 aliphatic heterocycles. The SMILES string of the molecule is CC.CCc1c2c(nc3ccc(O)cc13)-c1cc3c(c(=O)n1C2)COC(=O)[C@]3(O)CC. The molecule has 162 valence electrons. The van der Waals surface area contributed by atoms with E-state index in [9.17, 15) is 19.8 Å². The smallest absolute Gasteiger partial charge is 0.343 e. The number of fused-ring (bicyclic) bond motifs is 5. The fourth-order valence-corrected chi connectivity index (χ4v) is 4.55. The van der Waals surface area contributed by atoms with E-state index in [4.69, 9.17) is 9.72 Å². The highest BCUT2D eigenvalue weighted by Gasteiger charge is 2.45. The summed E-state index contributed by atoms with van der Waals surface area (Å²) in [6.45, 7) is 7.92. The minimum atomic E-state index is -1.83. The van der Waals surface area contributed by atoms with Gasteiger partial charge in [0.15, 0.2) is 5.60 Å². The summed E-state index contributed by atoms with van der Waals surface area (Å²) < 4.78 is 6.73. The Morgan fingerprint density at radius 2 is 1.90 bits per heavy atom. The number of hydrogen-bond donors (Lipinski definition) is 2. The van der Waals surface area contributed by atoms with Crippen LogP contribution < -0.4 is 5.56 Å². The predicted molar refractivity (Wildman–Crippen MR) is 117 cm³/mol. The van der Waals surface area contributed by atoms with Crippen LogP contribution in [0.1, 0.15) is 56.4 Å². The van der Waals surface area contributed by atoms with Crippen LogP contribution in [-0.2, 0) is 34.7 Å². The maximum Gasteiger partial charge on any atom is 0.343 e. The molecular formula is C24H26N2O5. The number of esters is 1.